The van der Waals surface area contributed by atoms with Gasteiger partial charge in [0.05, 0.1) is 6.42 Å². The van der Waals surface area contributed by atoms with Crippen molar-refractivity contribution in [1.29, 1.82) is 0 Å². The van der Waals surface area contributed by atoms with Gasteiger partial charge in [0.15, 0.2) is 0 Å². The number of nitrogens with zero attached hydrogens (tertiary/aromatic N) is 2. The number of allylic oxidation sites excluding steroid dienone is 1. The maximum Gasteiger partial charge on any atom is 0.304 e. The number of carboxylic acids is 1. The molecule has 0 atom stereocenters. The highest BCUT2D eigenvalue weighted by molar-refractivity contribution is 5.68. The van der Waals surface area contributed by atoms with Crippen molar-refractivity contribution in [2.75, 3.05) is 26.7 Å². The van der Waals surface area contributed by atoms with Gasteiger partial charge in [-0.2, -0.15) is 0 Å². The van der Waals surface area contributed by atoms with Crippen LogP contribution in [0.4, 0.5) is 0 Å². The Morgan fingerprint density at radius 3 is 2.39 bits per heavy atom. The molecule has 1 heterocycles. The zero-order valence-electron chi connectivity index (χ0n) is 12.3. The predicted octanol–water partition coefficient (Wildman–Crippen LogP) is 2.03. The van der Waals surface area contributed by atoms with Crippen molar-refractivity contribution in [2.45, 2.75) is 39.7 Å². The summed E-state index contributed by atoms with van der Waals surface area (Å²) in [7, 11) is 2.13. The zero-order valence-corrected chi connectivity index (χ0v) is 12.3. The van der Waals surface area contributed by atoms with Gasteiger partial charge in [-0.3, -0.25) is 9.69 Å². The second-order valence-corrected chi connectivity index (χ2v) is 6.56. The summed E-state index contributed by atoms with van der Waals surface area (Å²) in [6, 6.07) is 0. The monoisotopic (exact) mass is 254 g/mol. The van der Waals surface area contributed by atoms with E-state index in [0.717, 1.165) is 25.3 Å². The highest BCUT2D eigenvalue weighted by Crippen LogP contribution is 2.34. The number of hydrogen-bond acceptors (Lipinski definition) is 3. The molecule has 0 aromatic carbocycles. The first-order valence-electron chi connectivity index (χ1n) is 6.44. The number of likely N-dealkylation sites (N-methyl/N-ethyl adjacent to an activating group) is 1. The molecule has 0 bridgehead atoms. The Kier molecular flexibility index (Phi) is 4.11. The number of piperazine rings is 1. The Morgan fingerprint density at radius 1 is 1.39 bits per heavy atom. The van der Waals surface area contributed by atoms with E-state index in [-0.39, 0.29) is 12.0 Å². The Bertz CT molecular complexity index is 348. The quantitative estimate of drug-likeness (QED) is 0.833. The standard InChI is InChI=1S/C14H26N2O2/c1-11(13(2,3)9-12(17)18)16-8-7-15(6)14(4,5)10-16/h1,7-10H2,2-6H3,(H,17,18). The van der Waals surface area contributed by atoms with E-state index in [1.165, 1.54) is 0 Å². The van der Waals surface area contributed by atoms with E-state index in [4.69, 9.17) is 5.11 Å². The molecular formula is C14H26N2O2. The Labute approximate surface area is 110 Å². The van der Waals surface area contributed by atoms with Crippen LogP contribution in [0.5, 0.6) is 0 Å². The average molecular weight is 254 g/mol. The van der Waals surface area contributed by atoms with Gasteiger partial charge in [-0.15, -0.1) is 0 Å². The van der Waals surface area contributed by atoms with Crippen molar-refractivity contribution < 1.29 is 9.90 Å². The smallest absolute Gasteiger partial charge is 0.304 e. The van der Waals surface area contributed by atoms with Gasteiger partial charge in [-0.05, 0) is 20.9 Å². The number of hydrogen-bond donors (Lipinski definition) is 1. The van der Waals surface area contributed by atoms with Gasteiger partial charge in [-0.25, -0.2) is 0 Å². The molecule has 104 valence electrons. The van der Waals surface area contributed by atoms with Gasteiger partial charge in [0, 0.05) is 36.3 Å². The van der Waals surface area contributed by atoms with E-state index in [0.29, 0.717) is 0 Å². The number of carbonyl (C=O) groups is 1. The van der Waals surface area contributed by atoms with Crippen LogP contribution in [0, 0.1) is 5.41 Å². The minimum atomic E-state index is -0.769. The van der Waals surface area contributed by atoms with Crippen molar-refractivity contribution in [2.24, 2.45) is 5.41 Å². The summed E-state index contributed by atoms with van der Waals surface area (Å²) in [4.78, 5) is 15.5. The fourth-order valence-electron chi connectivity index (χ4n) is 2.38. The van der Waals surface area contributed by atoms with Gasteiger partial charge in [0.25, 0.3) is 0 Å². The van der Waals surface area contributed by atoms with E-state index in [1.54, 1.807) is 0 Å². The van der Waals surface area contributed by atoms with Gasteiger partial charge in [0.1, 0.15) is 0 Å². The maximum atomic E-state index is 10.9. The van der Waals surface area contributed by atoms with Gasteiger partial charge < -0.3 is 10.0 Å². The minimum Gasteiger partial charge on any atom is -0.481 e. The molecular weight excluding hydrogens is 228 g/mol. The molecule has 0 unspecified atom stereocenters. The van der Waals surface area contributed by atoms with E-state index in [1.807, 2.05) is 13.8 Å². The average Bonchev–Trinajstić information content (AvgIpc) is 2.19. The van der Waals surface area contributed by atoms with Crippen molar-refractivity contribution in [3.63, 3.8) is 0 Å². The molecule has 1 fully saturated rings. The lowest BCUT2D eigenvalue weighted by Gasteiger charge is -2.49. The second kappa shape index (κ2) is 4.92. The Balaban J connectivity index is 2.76. The third-order valence-corrected chi connectivity index (χ3v) is 4.07. The summed E-state index contributed by atoms with van der Waals surface area (Å²) in [6.45, 7) is 15.2. The summed E-state index contributed by atoms with van der Waals surface area (Å²) in [5.74, 6) is -0.769. The molecule has 4 heteroatoms. The molecule has 1 N–H and O–H groups in total. The molecule has 1 aliphatic heterocycles. The van der Waals surface area contributed by atoms with Crippen LogP contribution in [-0.4, -0.2) is 53.1 Å². The fourth-order valence-corrected chi connectivity index (χ4v) is 2.38. The molecule has 4 nitrogen and oxygen atoms in total. The summed E-state index contributed by atoms with van der Waals surface area (Å²) >= 11 is 0. The SMILES string of the molecule is C=C(N1CCN(C)C(C)(C)C1)C(C)(C)CC(=O)O. The molecule has 1 saturated heterocycles. The summed E-state index contributed by atoms with van der Waals surface area (Å²) in [6.07, 6.45) is 0.124. The number of aliphatic carboxylic acids is 1. The van der Waals surface area contributed by atoms with E-state index >= 15 is 0 Å². The third kappa shape index (κ3) is 3.25. The Morgan fingerprint density at radius 2 is 1.94 bits per heavy atom. The molecule has 1 rings (SSSR count). The van der Waals surface area contributed by atoms with E-state index in [2.05, 4.69) is 37.3 Å². The largest absolute Gasteiger partial charge is 0.481 e. The van der Waals surface area contributed by atoms with Gasteiger partial charge in [0.2, 0.25) is 0 Å². The van der Waals surface area contributed by atoms with Crippen molar-refractivity contribution >= 4 is 5.97 Å². The van der Waals surface area contributed by atoms with Crippen LogP contribution in [0.1, 0.15) is 34.1 Å². The third-order valence-electron chi connectivity index (χ3n) is 4.07. The van der Waals surface area contributed by atoms with Crippen molar-refractivity contribution in [3.8, 4) is 0 Å². The summed E-state index contributed by atoms with van der Waals surface area (Å²) < 4.78 is 0. The maximum absolute atomic E-state index is 10.9. The van der Waals surface area contributed by atoms with Gasteiger partial charge in [-0.1, -0.05) is 20.4 Å². The highest BCUT2D eigenvalue weighted by Gasteiger charge is 2.36. The van der Waals surface area contributed by atoms with Crippen LogP contribution >= 0.6 is 0 Å². The number of carboxylic acid groups (broad SMARTS) is 1. The topological polar surface area (TPSA) is 43.8 Å². The molecule has 0 aromatic heterocycles. The second-order valence-electron chi connectivity index (χ2n) is 6.56. The van der Waals surface area contributed by atoms with Crippen molar-refractivity contribution in [3.05, 3.63) is 12.3 Å². The lowest BCUT2D eigenvalue weighted by atomic mass is 9.84. The highest BCUT2D eigenvalue weighted by atomic mass is 16.4. The van der Waals surface area contributed by atoms with Crippen molar-refractivity contribution in [1.82, 2.24) is 9.80 Å². The molecule has 1 aliphatic rings. The molecule has 0 radical (unpaired) electrons. The fraction of sp³-hybridized carbons (Fsp3) is 0.786. The first-order valence-corrected chi connectivity index (χ1v) is 6.44. The van der Waals surface area contributed by atoms with E-state index < -0.39 is 11.4 Å². The van der Waals surface area contributed by atoms with Crippen LogP contribution in [-0.2, 0) is 4.79 Å². The predicted molar refractivity (Wildman–Crippen MR) is 73.5 cm³/mol. The normalized spacial score (nSPS) is 20.8. The summed E-state index contributed by atoms with van der Waals surface area (Å²) in [5, 5.41) is 8.97. The van der Waals surface area contributed by atoms with Gasteiger partial charge >= 0.3 is 5.97 Å². The first-order chi connectivity index (χ1) is 8.06. The molecule has 0 amide bonds. The van der Waals surface area contributed by atoms with Crippen LogP contribution < -0.4 is 0 Å². The lowest BCUT2D eigenvalue weighted by molar-refractivity contribution is -0.139. The number of rotatable bonds is 4. The molecule has 0 saturated carbocycles. The molecule has 0 spiro atoms. The van der Waals surface area contributed by atoms with Crippen LogP contribution in [0.25, 0.3) is 0 Å². The van der Waals surface area contributed by atoms with E-state index in [9.17, 15) is 4.79 Å². The lowest BCUT2D eigenvalue weighted by Crippen LogP contribution is -2.58. The summed E-state index contributed by atoms with van der Waals surface area (Å²) in [5.41, 5.74) is 0.643. The molecule has 18 heavy (non-hydrogen) atoms. The van der Waals surface area contributed by atoms with Crippen LogP contribution in [0.3, 0.4) is 0 Å². The van der Waals surface area contributed by atoms with Crippen LogP contribution in [0.15, 0.2) is 12.3 Å². The Hall–Kier alpha value is -1.03. The van der Waals surface area contributed by atoms with Crippen LogP contribution in [0.2, 0.25) is 0 Å². The zero-order chi connectivity index (χ0) is 14.1. The first kappa shape index (κ1) is 15.0. The minimum absolute atomic E-state index is 0.0977. The molecule has 0 aromatic rings. The molecule has 0 aliphatic carbocycles.